The molecule has 4 aliphatic heterocycles. The van der Waals surface area contributed by atoms with Crippen LogP contribution in [-0.4, -0.2) is 98.0 Å². The van der Waals surface area contributed by atoms with E-state index in [2.05, 4.69) is 0 Å². The molecule has 0 amide bonds. The van der Waals surface area contributed by atoms with Crippen molar-refractivity contribution in [1.29, 1.82) is 0 Å². The van der Waals surface area contributed by atoms with Crippen molar-refractivity contribution in [2.75, 3.05) is 13.2 Å². The van der Waals surface area contributed by atoms with Crippen molar-refractivity contribution in [1.82, 2.24) is 0 Å². The minimum absolute atomic E-state index is 0.0684. The van der Waals surface area contributed by atoms with E-state index in [1.807, 2.05) is 0 Å². The van der Waals surface area contributed by atoms with E-state index in [0.717, 1.165) is 0 Å². The number of fused-ring (bicyclic) bond motifs is 3. The van der Waals surface area contributed by atoms with Gasteiger partial charge in [-0.15, -0.1) is 0 Å². The molecule has 0 aromatic rings. The molecule has 13 nitrogen and oxygen atoms in total. The summed E-state index contributed by atoms with van der Waals surface area (Å²) in [5, 5.41) is 0. The topological polar surface area (TPSA) is 144 Å². The lowest BCUT2D eigenvalue weighted by Crippen LogP contribution is -2.60. The second-order valence-corrected chi connectivity index (χ2v) is 10.0. The van der Waals surface area contributed by atoms with Gasteiger partial charge < -0.3 is 47.4 Å². The summed E-state index contributed by atoms with van der Waals surface area (Å²) >= 11 is 0. The van der Waals surface area contributed by atoms with E-state index in [9.17, 15) is 14.4 Å². The van der Waals surface area contributed by atoms with Gasteiger partial charge >= 0.3 is 17.9 Å². The van der Waals surface area contributed by atoms with Gasteiger partial charge in [0.15, 0.2) is 42.5 Å². The highest BCUT2D eigenvalue weighted by Crippen LogP contribution is 2.44. The van der Waals surface area contributed by atoms with Crippen LogP contribution in [-0.2, 0) is 61.8 Å². The van der Waals surface area contributed by atoms with Crippen molar-refractivity contribution in [2.24, 2.45) is 0 Å². The van der Waals surface area contributed by atoms with Crippen LogP contribution in [0, 0.1) is 0 Å². The van der Waals surface area contributed by atoms with Crippen LogP contribution in [0.15, 0.2) is 0 Å². The normalized spacial score (nSPS) is 40.6. The Labute approximate surface area is 208 Å². The lowest BCUT2D eigenvalue weighted by atomic mass is 9.99. The molecule has 4 heterocycles. The van der Waals surface area contributed by atoms with Crippen molar-refractivity contribution < 1.29 is 61.8 Å². The van der Waals surface area contributed by atoms with Crippen LogP contribution in [0.5, 0.6) is 0 Å². The summed E-state index contributed by atoms with van der Waals surface area (Å²) in [7, 11) is 0. The van der Waals surface area contributed by atoms with Gasteiger partial charge in [0.25, 0.3) is 0 Å². The number of rotatable bonds is 6. The summed E-state index contributed by atoms with van der Waals surface area (Å²) < 4.78 is 57.9. The molecule has 13 heteroatoms. The Morgan fingerprint density at radius 1 is 0.750 bits per heavy atom. The molecule has 0 unspecified atom stereocenters. The van der Waals surface area contributed by atoms with E-state index in [4.69, 9.17) is 47.4 Å². The number of esters is 3. The number of ether oxygens (including phenoxy) is 10. The Morgan fingerprint density at radius 3 is 1.94 bits per heavy atom. The Hall–Kier alpha value is -1.87. The average molecular weight is 519 g/mol. The van der Waals surface area contributed by atoms with Gasteiger partial charge in [0, 0.05) is 20.8 Å². The van der Waals surface area contributed by atoms with Gasteiger partial charge in [0.2, 0.25) is 0 Å². The largest absolute Gasteiger partial charge is 0.456 e. The van der Waals surface area contributed by atoms with Crippen LogP contribution >= 0.6 is 0 Å². The first kappa shape index (κ1) is 27.2. The highest BCUT2D eigenvalue weighted by atomic mass is 16.9. The van der Waals surface area contributed by atoms with Crippen LogP contribution in [0.1, 0.15) is 48.5 Å². The Balaban J connectivity index is 1.50. The summed E-state index contributed by atoms with van der Waals surface area (Å²) in [6.45, 7) is 10.5. The molecule has 4 rings (SSSR count). The molecule has 0 aromatic heterocycles. The fourth-order valence-corrected chi connectivity index (χ4v) is 4.87. The first-order valence-corrected chi connectivity index (χ1v) is 11.9. The zero-order valence-corrected chi connectivity index (χ0v) is 21.4. The van der Waals surface area contributed by atoms with Gasteiger partial charge in [-0.1, -0.05) is 0 Å². The minimum Gasteiger partial charge on any atom is -0.456 e. The maximum atomic E-state index is 11.9. The van der Waals surface area contributed by atoms with Crippen LogP contribution in [0.2, 0.25) is 0 Å². The molecular weight excluding hydrogens is 484 g/mol. The monoisotopic (exact) mass is 518 g/mol. The van der Waals surface area contributed by atoms with Crippen molar-refractivity contribution >= 4 is 17.9 Å². The Bertz CT molecular complexity index is 857. The van der Waals surface area contributed by atoms with Crippen LogP contribution < -0.4 is 0 Å². The lowest BCUT2D eigenvalue weighted by molar-refractivity contribution is -0.298. The van der Waals surface area contributed by atoms with E-state index < -0.39 is 84.8 Å². The maximum absolute atomic E-state index is 11.9. The molecular formula is C23H34O13. The molecule has 0 bridgehead atoms. The van der Waals surface area contributed by atoms with Gasteiger partial charge in [-0.25, -0.2) is 0 Å². The van der Waals surface area contributed by atoms with E-state index in [1.54, 1.807) is 27.7 Å². The number of hydrogen-bond acceptors (Lipinski definition) is 13. The van der Waals surface area contributed by atoms with Gasteiger partial charge in [0.1, 0.15) is 24.4 Å². The predicted molar refractivity (Wildman–Crippen MR) is 115 cm³/mol. The molecule has 0 aromatic carbocycles. The molecule has 36 heavy (non-hydrogen) atoms. The molecule has 4 saturated heterocycles. The third-order valence-corrected chi connectivity index (χ3v) is 5.98. The zero-order chi connectivity index (χ0) is 26.4. The molecule has 9 atom stereocenters. The first-order chi connectivity index (χ1) is 16.7. The lowest BCUT2D eigenvalue weighted by Gasteiger charge is -2.41. The average Bonchev–Trinajstić information content (AvgIpc) is 3.22. The smallest absolute Gasteiger partial charge is 0.303 e. The van der Waals surface area contributed by atoms with Crippen LogP contribution in [0.25, 0.3) is 0 Å². The molecule has 0 N–H and O–H groups in total. The molecule has 204 valence electrons. The fraction of sp³-hybridized carbons (Fsp3) is 0.870. The molecule has 0 saturated carbocycles. The van der Waals surface area contributed by atoms with Crippen molar-refractivity contribution in [3.05, 3.63) is 0 Å². The molecule has 4 fully saturated rings. The van der Waals surface area contributed by atoms with Gasteiger partial charge in [-0.05, 0) is 27.7 Å². The molecule has 0 spiro atoms. The third kappa shape index (κ3) is 5.98. The molecule has 4 aliphatic rings. The highest BCUT2D eigenvalue weighted by molar-refractivity contribution is 5.68. The van der Waals surface area contributed by atoms with Crippen LogP contribution in [0.3, 0.4) is 0 Å². The Morgan fingerprint density at radius 2 is 1.31 bits per heavy atom. The zero-order valence-electron chi connectivity index (χ0n) is 21.4. The Kier molecular flexibility index (Phi) is 7.64. The minimum atomic E-state index is -1.21. The standard InChI is InChI=1S/C23H34O13/c1-10(24)29-13-8-27-20(18(31-12(3)26)15(13)30-11(2)25)28-9-14-16-17(34-22(4,5)33-16)19-21(32-14)36-23(6,7)35-19/h13-21H,8-9H2,1-7H3/t13-,14-,15+,16+,17+,18-,19-,20+,21-/m1/s1. The third-order valence-electron chi connectivity index (χ3n) is 5.98. The van der Waals surface area contributed by atoms with E-state index in [0.29, 0.717) is 0 Å². The second-order valence-electron chi connectivity index (χ2n) is 10.0. The SMILES string of the molecule is CC(=O)O[C@@H]1[C@@H](OC(C)=O)[C@H](OC[C@H]2O[C@@H]3OC(C)(C)O[C@@H]3[C@H]3OC(C)(C)O[C@H]32)OC[C@H]1OC(C)=O. The summed E-state index contributed by atoms with van der Waals surface area (Å²) in [4.78, 5) is 35.2. The van der Waals surface area contributed by atoms with E-state index >= 15 is 0 Å². The van der Waals surface area contributed by atoms with Crippen molar-refractivity contribution in [3.63, 3.8) is 0 Å². The van der Waals surface area contributed by atoms with E-state index in [1.165, 1.54) is 20.8 Å². The van der Waals surface area contributed by atoms with E-state index in [-0.39, 0.29) is 13.2 Å². The van der Waals surface area contributed by atoms with Crippen molar-refractivity contribution in [3.8, 4) is 0 Å². The van der Waals surface area contributed by atoms with Gasteiger partial charge in [0.05, 0.1) is 13.2 Å². The highest BCUT2D eigenvalue weighted by Gasteiger charge is 2.61. The van der Waals surface area contributed by atoms with Gasteiger partial charge in [-0.2, -0.15) is 0 Å². The van der Waals surface area contributed by atoms with Gasteiger partial charge in [-0.3, -0.25) is 14.4 Å². The second kappa shape index (κ2) is 10.1. The fourth-order valence-electron chi connectivity index (χ4n) is 4.87. The molecule has 0 aliphatic carbocycles. The summed E-state index contributed by atoms with van der Waals surface area (Å²) in [6.07, 6.45) is -7.40. The quantitative estimate of drug-likeness (QED) is 0.357. The maximum Gasteiger partial charge on any atom is 0.303 e. The first-order valence-electron chi connectivity index (χ1n) is 11.9. The summed E-state index contributed by atoms with van der Waals surface area (Å²) in [5.41, 5.74) is 0. The number of carbonyl (C=O) groups is 3. The number of hydrogen-bond donors (Lipinski definition) is 0. The summed E-state index contributed by atoms with van der Waals surface area (Å²) in [5.74, 6) is -3.69. The van der Waals surface area contributed by atoms with Crippen molar-refractivity contribution in [2.45, 2.75) is 115 Å². The number of carbonyl (C=O) groups excluding carboxylic acids is 3. The van der Waals surface area contributed by atoms with Crippen LogP contribution in [0.4, 0.5) is 0 Å². The molecule has 0 radical (unpaired) electrons. The predicted octanol–water partition coefficient (Wildman–Crippen LogP) is 0.551. The summed E-state index contributed by atoms with van der Waals surface area (Å²) in [6, 6.07) is 0.